The number of rotatable bonds is 2. The van der Waals surface area contributed by atoms with Gasteiger partial charge in [0, 0.05) is 0 Å². The monoisotopic (exact) mass is 246 g/mol. The Morgan fingerprint density at radius 3 is 2.94 bits per heavy atom. The van der Waals surface area contributed by atoms with E-state index in [1.54, 1.807) is 23.1 Å². The number of primary amides is 1. The average Bonchev–Trinajstić information content (AvgIpc) is 2.67. The van der Waals surface area contributed by atoms with Crippen molar-refractivity contribution in [3.05, 3.63) is 36.1 Å². The summed E-state index contributed by atoms with van der Waals surface area (Å²) in [7, 11) is 0. The summed E-state index contributed by atoms with van der Waals surface area (Å²) >= 11 is 0. The van der Waals surface area contributed by atoms with Crippen molar-refractivity contribution < 1.29 is 14.3 Å². The standard InChI is InChI=1S/C13H14N2O3/c14-12(17)13(4-2-1-3-5-13)7-9-8-15-10(16)6-11(15)18-9/h1-4,7,11H,5-6,8H2,(H2,14,17). The molecule has 2 unspecified atom stereocenters. The number of hydrogen-bond donors (Lipinski definition) is 1. The van der Waals surface area contributed by atoms with Crippen molar-refractivity contribution in [1.82, 2.24) is 4.90 Å². The molecule has 5 heteroatoms. The summed E-state index contributed by atoms with van der Waals surface area (Å²) in [6, 6.07) is 0. The van der Waals surface area contributed by atoms with Gasteiger partial charge in [0.2, 0.25) is 11.8 Å². The van der Waals surface area contributed by atoms with Gasteiger partial charge in [-0.15, -0.1) is 0 Å². The molecule has 0 aromatic rings. The van der Waals surface area contributed by atoms with Crippen LogP contribution in [0.25, 0.3) is 0 Å². The van der Waals surface area contributed by atoms with Gasteiger partial charge in [-0.2, -0.15) is 0 Å². The Kier molecular flexibility index (Phi) is 2.29. The number of amides is 2. The van der Waals surface area contributed by atoms with Gasteiger partial charge in [0.15, 0.2) is 6.23 Å². The molecule has 2 aliphatic heterocycles. The van der Waals surface area contributed by atoms with Gasteiger partial charge in [-0.25, -0.2) is 0 Å². The van der Waals surface area contributed by atoms with Crippen LogP contribution in [0.15, 0.2) is 36.1 Å². The molecule has 2 saturated heterocycles. The molecular formula is C13H14N2O3. The molecule has 0 bridgehead atoms. The summed E-state index contributed by atoms with van der Waals surface area (Å²) in [6.07, 6.45) is 9.94. The van der Waals surface area contributed by atoms with Gasteiger partial charge in [-0.1, -0.05) is 24.3 Å². The number of hydrogen-bond acceptors (Lipinski definition) is 3. The molecule has 0 aromatic heterocycles. The number of β-lactam (4-membered cyclic amide) rings is 1. The fourth-order valence-corrected chi connectivity index (χ4v) is 2.46. The van der Waals surface area contributed by atoms with Crippen molar-refractivity contribution in [2.24, 2.45) is 11.1 Å². The molecular weight excluding hydrogens is 232 g/mol. The van der Waals surface area contributed by atoms with Crippen LogP contribution in [0.4, 0.5) is 0 Å². The van der Waals surface area contributed by atoms with Crippen LogP contribution in [0.5, 0.6) is 0 Å². The van der Waals surface area contributed by atoms with E-state index in [9.17, 15) is 9.59 Å². The van der Waals surface area contributed by atoms with Gasteiger partial charge in [0.05, 0.1) is 18.4 Å². The van der Waals surface area contributed by atoms with Crippen molar-refractivity contribution in [3.8, 4) is 0 Å². The molecule has 2 atom stereocenters. The lowest BCUT2D eigenvalue weighted by Gasteiger charge is -2.30. The molecule has 1 aliphatic carbocycles. The molecule has 3 rings (SSSR count). The van der Waals surface area contributed by atoms with E-state index in [0.29, 0.717) is 25.1 Å². The van der Waals surface area contributed by atoms with E-state index >= 15 is 0 Å². The van der Waals surface area contributed by atoms with Gasteiger partial charge in [0.1, 0.15) is 5.76 Å². The normalized spacial score (nSPS) is 35.3. The smallest absolute Gasteiger partial charge is 0.231 e. The lowest BCUT2D eigenvalue weighted by atomic mass is 9.80. The van der Waals surface area contributed by atoms with Crippen LogP contribution in [-0.2, 0) is 14.3 Å². The first-order chi connectivity index (χ1) is 8.61. The largest absolute Gasteiger partial charge is 0.473 e. The number of fused-ring (bicyclic) bond motifs is 1. The SMILES string of the molecule is NC(=O)C1(C=C2CN3C(=O)CC3O2)C=CC=CC1. The molecule has 0 saturated carbocycles. The third-order valence-electron chi connectivity index (χ3n) is 3.60. The van der Waals surface area contributed by atoms with Gasteiger partial charge in [-0.05, 0) is 12.5 Å². The van der Waals surface area contributed by atoms with Crippen molar-refractivity contribution in [2.45, 2.75) is 19.1 Å². The minimum Gasteiger partial charge on any atom is -0.473 e. The van der Waals surface area contributed by atoms with Crippen LogP contribution in [0.1, 0.15) is 12.8 Å². The Balaban J connectivity index is 1.85. The molecule has 94 valence electrons. The zero-order chi connectivity index (χ0) is 12.8. The first-order valence-corrected chi connectivity index (χ1v) is 5.93. The van der Waals surface area contributed by atoms with Gasteiger partial charge in [0.25, 0.3) is 0 Å². The van der Waals surface area contributed by atoms with Crippen molar-refractivity contribution in [2.75, 3.05) is 6.54 Å². The summed E-state index contributed by atoms with van der Waals surface area (Å²) in [6.45, 7) is 0.441. The molecule has 2 N–H and O–H groups in total. The molecule has 5 nitrogen and oxygen atoms in total. The van der Waals surface area contributed by atoms with Crippen molar-refractivity contribution >= 4 is 11.8 Å². The van der Waals surface area contributed by atoms with Crippen LogP contribution in [-0.4, -0.2) is 29.5 Å². The summed E-state index contributed by atoms with van der Waals surface area (Å²) in [4.78, 5) is 24.6. The van der Waals surface area contributed by atoms with Gasteiger partial charge < -0.3 is 10.5 Å². The lowest BCUT2D eigenvalue weighted by molar-refractivity contribution is -0.154. The second-order valence-corrected chi connectivity index (χ2v) is 4.80. The van der Waals surface area contributed by atoms with Crippen LogP contribution >= 0.6 is 0 Å². The maximum atomic E-state index is 11.7. The Hall–Kier alpha value is -2.04. The summed E-state index contributed by atoms with van der Waals surface area (Å²) in [5.41, 5.74) is 4.67. The molecule has 18 heavy (non-hydrogen) atoms. The Labute approximate surface area is 105 Å². The third-order valence-corrected chi connectivity index (χ3v) is 3.60. The highest BCUT2D eigenvalue weighted by Gasteiger charge is 2.45. The molecule has 2 fully saturated rings. The summed E-state index contributed by atoms with van der Waals surface area (Å²) < 4.78 is 5.61. The minimum atomic E-state index is -0.821. The minimum absolute atomic E-state index is 0.0932. The maximum Gasteiger partial charge on any atom is 0.231 e. The van der Waals surface area contributed by atoms with Crippen LogP contribution in [0, 0.1) is 5.41 Å². The number of nitrogens with zero attached hydrogens (tertiary/aromatic N) is 1. The average molecular weight is 246 g/mol. The number of nitrogens with two attached hydrogens (primary N) is 1. The Bertz CT molecular complexity index is 506. The predicted molar refractivity (Wildman–Crippen MR) is 63.8 cm³/mol. The number of allylic oxidation sites excluding steroid dienone is 3. The number of ether oxygens (including phenoxy) is 1. The first kappa shape index (κ1) is 11.1. The van der Waals surface area contributed by atoms with E-state index in [-0.39, 0.29) is 12.1 Å². The zero-order valence-electron chi connectivity index (χ0n) is 9.83. The highest BCUT2D eigenvalue weighted by atomic mass is 16.5. The molecule has 0 radical (unpaired) electrons. The number of carbonyl (C=O) groups is 2. The van der Waals surface area contributed by atoms with Crippen molar-refractivity contribution in [3.63, 3.8) is 0 Å². The van der Waals surface area contributed by atoms with E-state index in [1.807, 2.05) is 12.2 Å². The lowest BCUT2D eigenvalue weighted by Crippen LogP contribution is -2.48. The highest BCUT2D eigenvalue weighted by Crippen LogP contribution is 2.36. The van der Waals surface area contributed by atoms with E-state index in [2.05, 4.69) is 0 Å². The van der Waals surface area contributed by atoms with Gasteiger partial charge in [-0.3, -0.25) is 14.5 Å². The van der Waals surface area contributed by atoms with Crippen LogP contribution in [0.2, 0.25) is 0 Å². The molecule has 2 heterocycles. The molecule has 3 aliphatic rings. The van der Waals surface area contributed by atoms with Gasteiger partial charge >= 0.3 is 0 Å². The van der Waals surface area contributed by atoms with E-state index in [4.69, 9.17) is 10.5 Å². The molecule has 2 amide bonds. The first-order valence-electron chi connectivity index (χ1n) is 5.93. The Morgan fingerprint density at radius 1 is 1.56 bits per heavy atom. The highest BCUT2D eigenvalue weighted by molar-refractivity contribution is 5.86. The topological polar surface area (TPSA) is 72.6 Å². The number of carbonyl (C=O) groups excluding carboxylic acids is 2. The summed E-state index contributed by atoms with van der Waals surface area (Å²) in [5, 5.41) is 0. The fraction of sp³-hybridized carbons (Fsp3) is 0.385. The molecule has 0 spiro atoms. The van der Waals surface area contributed by atoms with E-state index in [0.717, 1.165) is 0 Å². The van der Waals surface area contributed by atoms with Crippen LogP contribution < -0.4 is 5.73 Å². The summed E-state index contributed by atoms with van der Waals surface area (Å²) in [5.74, 6) is 0.347. The van der Waals surface area contributed by atoms with Crippen LogP contribution in [0.3, 0.4) is 0 Å². The second-order valence-electron chi connectivity index (χ2n) is 4.80. The quantitative estimate of drug-likeness (QED) is 0.719. The van der Waals surface area contributed by atoms with E-state index in [1.165, 1.54) is 0 Å². The molecule has 0 aromatic carbocycles. The zero-order valence-corrected chi connectivity index (χ0v) is 9.83. The van der Waals surface area contributed by atoms with E-state index < -0.39 is 11.3 Å². The predicted octanol–water partition coefficient (Wildman–Crippen LogP) is 0.447. The fourth-order valence-electron chi connectivity index (χ4n) is 2.46. The second kappa shape index (κ2) is 3.73. The third kappa shape index (κ3) is 1.54. The maximum absolute atomic E-state index is 11.7. The van der Waals surface area contributed by atoms with Crippen molar-refractivity contribution in [1.29, 1.82) is 0 Å². The Morgan fingerprint density at radius 2 is 2.39 bits per heavy atom.